The van der Waals surface area contributed by atoms with Gasteiger partial charge in [-0.25, -0.2) is 18.4 Å². The van der Waals surface area contributed by atoms with Crippen LogP contribution in [-0.4, -0.2) is 60.3 Å². The SMILES string of the molecule is CCN(Cc1ccccc1)C(=O)c1cnc(N(C)C2CCS(=O)(=O)C2)nc1. The van der Waals surface area contributed by atoms with Crippen LogP contribution >= 0.6 is 0 Å². The van der Waals surface area contributed by atoms with E-state index >= 15 is 0 Å². The van der Waals surface area contributed by atoms with Crippen LogP contribution < -0.4 is 4.90 Å². The maximum atomic E-state index is 12.8. The molecule has 0 spiro atoms. The Morgan fingerprint density at radius 3 is 2.41 bits per heavy atom. The number of benzene rings is 1. The van der Waals surface area contributed by atoms with E-state index < -0.39 is 9.84 Å². The Morgan fingerprint density at radius 2 is 1.85 bits per heavy atom. The molecule has 0 N–H and O–H groups in total. The van der Waals surface area contributed by atoms with E-state index in [1.54, 1.807) is 16.8 Å². The Hall–Kier alpha value is -2.48. The second-order valence-corrected chi connectivity index (χ2v) is 8.97. The minimum atomic E-state index is -2.97. The van der Waals surface area contributed by atoms with Gasteiger partial charge in [-0.3, -0.25) is 4.79 Å². The first-order valence-electron chi connectivity index (χ1n) is 8.98. The molecule has 144 valence electrons. The van der Waals surface area contributed by atoms with Crippen molar-refractivity contribution in [1.82, 2.24) is 14.9 Å². The zero-order valence-corrected chi connectivity index (χ0v) is 16.4. The monoisotopic (exact) mass is 388 g/mol. The molecule has 0 bridgehead atoms. The van der Waals surface area contributed by atoms with E-state index in [0.717, 1.165) is 5.56 Å². The summed E-state index contributed by atoms with van der Waals surface area (Å²) in [5, 5.41) is 0. The van der Waals surface area contributed by atoms with E-state index in [0.29, 0.717) is 31.0 Å². The number of aromatic nitrogens is 2. The molecule has 3 rings (SSSR count). The number of amides is 1. The summed E-state index contributed by atoms with van der Waals surface area (Å²) in [7, 11) is -1.18. The molecule has 2 heterocycles. The third-order valence-corrected chi connectivity index (χ3v) is 6.59. The summed E-state index contributed by atoms with van der Waals surface area (Å²) in [5.74, 6) is 0.622. The van der Waals surface area contributed by atoms with Crippen LogP contribution in [0.1, 0.15) is 29.3 Å². The molecule has 1 aliphatic rings. The number of carbonyl (C=O) groups is 1. The van der Waals surface area contributed by atoms with Crippen molar-refractivity contribution in [3.05, 3.63) is 53.9 Å². The molecule has 1 aromatic heterocycles. The molecule has 1 atom stereocenters. The Kier molecular flexibility index (Phi) is 5.74. The van der Waals surface area contributed by atoms with Crippen molar-refractivity contribution in [2.45, 2.75) is 25.9 Å². The first kappa shape index (κ1) is 19.3. The lowest BCUT2D eigenvalue weighted by molar-refractivity contribution is 0.0751. The highest BCUT2D eigenvalue weighted by Crippen LogP contribution is 2.20. The van der Waals surface area contributed by atoms with Gasteiger partial charge in [-0.15, -0.1) is 0 Å². The summed E-state index contributed by atoms with van der Waals surface area (Å²) in [6, 6.07) is 9.69. The Morgan fingerprint density at radius 1 is 1.19 bits per heavy atom. The van der Waals surface area contributed by atoms with Crippen LogP contribution in [0.5, 0.6) is 0 Å². The van der Waals surface area contributed by atoms with Gasteiger partial charge in [-0.05, 0) is 18.9 Å². The Bertz CT molecular complexity index is 885. The molecule has 2 aromatic rings. The largest absolute Gasteiger partial charge is 0.340 e. The minimum absolute atomic E-state index is 0.119. The highest BCUT2D eigenvalue weighted by atomic mass is 32.2. The van der Waals surface area contributed by atoms with Crippen molar-refractivity contribution in [2.24, 2.45) is 0 Å². The fraction of sp³-hybridized carbons (Fsp3) is 0.421. The fourth-order valence-corrected chi connectivity index (χ4v) is 4.95. The van der Waals surface area contributed by atoms with Gasteiger partial charge in [0.1, 0.15) is 0 Å². The quantitative estimate of drug-likeness (QED) is 0.750. The van der Waals surface area contributed by atoms with Gasteiger partial charge in [0.2, 0.25) is 5.95 Å². The van der Waals surface area contributed by atoms with Crippen molar-refractivity contribution >= 4 is 21.7 Å². The van der Waals surface area contributed by atoms with Gasteiger partial charge in [0.25, 0.3) is 5.91 Å². The summed E-state index contributed by atoms with van der Waals surface area (Å²) in [6.45, 7) is 3.04. The standard InChI is InChI=1S/C19H24N4O3S/c1-3-23(13-15-7-5-4-6-8-15)18(24)16-11-20-19(21-12-16)22(2)17-9-10-27(25,26)14-17/h4-8,11-12,17H,3,9-10,13-14H2,1-2H3. The van der Waals surface area contributed by atoms with Crippen molar-refractivity contribution < 1.29 is 13.2 Å². The van der Waals surface area contributed by atoms with E-state index in [-0.39, 0.29) is 23.5 Å². The van der Waals surface area contributed by atoms with Crippen LogP contribution in [0.4, 0.5) is 5.95 Å². The van der Waals surface area contributed by atoms with Crippen LogP contribution in [-0.2, 0) is 16.4 Å². The molecule has 1 unspecified atom stereocenters. The zero-order chi connectivity index (χ0) is 19.4. The summed E-state index contributed by atoms with van der Waals surface area (Å²) in [5.41, 5.74) is 1.48. The molecule has 27 heavy (non-hydrogen) atoms. The number of nitrogens with zero attached hydrogens (tertiary/aromatic N) is 4. The molecule has 1 fully saturated rings. The molecule has 0 saturated carbocycles. The van der Waals surface area contributed by atoms with Crippen LogP contribution in [0.15, 0.2) is 42.7 Å². The molecule has 1 aliphatic heterocycles. The Balaban J connectivity index is 1.69. The summed E-state index contributed by atoms with van der Waals surface area (Å²) >= 11 is 0. The predicted octanol–water partition coefficient (Wildman–Crippen LogP) is 1.76. The van der Waals surface area contributed by atoms with Gasteiger partial charge in [0.05, 0.1) is 17.1 Å². The number of carbonyl (C=O) groups excluding carboxylic acids is 1. The highest BCUT2D eigenvalue weighted by molar-refractivity contribution is 7.91. The number of hydrogen-bond acceptors (Lipinski definition) is 6. The molecule has 8 heteroatoms. The first-order valence-corrected chi connectivity index (χ1v) is 10.8. The maximum Gasteiger partial charge on any atom is 0.257 e. The second kappa shape index (κ2) is 8.04. The number of sulfone groups is 1. The highest BCUT2D eigenvalue weighted by Gasteiger charge is 2.31. The first-order chi connectivity index (χ1) is 12.9. The van der Waals surface area contributed by atoms with E-state index in [1.165, 1.54) is 12.4 Å². The van der Waals surface area contributed by atoms with E-state index in [9.17, 15) is 13.2 Å². The van der Waals surface area contributed by atoms with Crippen molar-refractivity contribution in [1.29, 1.82) is 0 Å². The predicted molar refractivity (Wildman–Crippen MR) is 104 cm³/mol. The molecular weight excluding hydrogens is 364 g/mol. The lowest BCUT2D eigenvalue weighted by atomic mass is 10.2. The van der Waals surface area contributed by atoms with Gasteiger partial charge in [0, 0.05) is 38.6 Å². The third kappa shape index (κ3) is 4.63. The summed E-state index contributed by atoms with van der Waals surface area (Å²) in [4.78, 5) is 24.8. The minimum Gasteiger partial charge on any atom is -0.340 e. The smallest absolute Gasteiger partial charge is 0.257 e. The number of anilines is 1. The van der Waals surface area contributed by atoms with Gasteiger partial charge >= 0.3 is 0 Å². The lowest BCUT2D eigenvalue weighted by Gasteiger charge is -2.24. The molecule has 0 radical (unpaired) electrons. The van der Waals surface area contributed by atoms with Crippen molar-refractivity contribution in [2.75, 3.05) is 30.0 Å². The maximum absolute atomic E-state index is 12.8. The van der Waals surface area contributed by atoms with Gasteiger partial charge in [-0.2, -0.15) is 0 Å². The van der Waals surface area contributed by atoms with Crippen LogP contribution in [0.25, 0.3) is 0 Å². The lowest BCUT2D eigenvalue weighted by Crippen LogP contribution is -2.34. The molecule has 1 saturated heterocycles. The third-order valence-electron chi connectivity index (χ3n) is 4.84. The van der Waals surface area contributed by atoms with Gasteiger partial charge in [0.15, 0.2) is 9.84 Å². The number of hydrogen-bond donors (Lipinski definition) is 0. The Labute approximate surface area is 160 Å². The van der Waals surface area contributed by atoms with Gasteiger partial charge < -0.3 is 9.80 Å². The normalized spacial score (nSPS) is 18.2. The van der Waals surface area contributed by atoms with Crippen LogP contribution in [0, 0.1) is 0 Å². The van der Waals surface area contributed by atoms with Gasteiger partial charge in [-0.1, -0.05) is 30.3 Å². The fourth-order valence-electron chi connectivity index (χ4n) is 3.17. The average molecular weight is 388 g/mol. The average Bonchev–Trinajstić information content (AvgIpc) is 3.05. The van der Waals surface area contributed by atoms with Crippen molar-refractivity contribution in [3.8, 4) is 0 Å². The van der Waals surface area contributed by atoms with E-state index in [4.69, 9.17) is 0 Å². The molecule has 0 aliphatic carbocycles. The summed E-state index contributed by atoms with van der Waals surface area (Å²) in [6.07, 6.45) is 3.60. The van der Waals surface area contributed by atoms with E-state index in [1.807, 2.05) is 37.3 Å². The van der Waals surface area contributed by atoms with Crippen LogP contribution in [0.3, 0.4) is 0 Å². The van der Waals surface area contributed by atoms with Crippen LogP contribution in [0.2, 0.25) is 0 Å². The van der Waals surface area contributed by atoms with Crippen molar-refractivity contribution in [3.63, 3.8) is 0 Å². The van der Waals surface area contributed by atoms with E-state index in [2.05, 4.69) is 9.97 Å². The zero-order valence-electron chi connectivity index (χ0n) is 15.6. The summed E-state index contributed by atoms with van der Waals surface area (Å²) < 4.78 is 23.3. The molecule has 7 nitrogen and oxygen atoms in total. The second-order valence-electron chi connectivity index (χ2n) is 6.74. The molecule has 1 amide bonds. The molecule has 1 aromatic carbocycles. The molecular formula is C19H24N4O3S. The number of rotatable bonds is 6. The topological polar surface area (TPSA) is 83.5 Å².